The Morgan fingerprint density at radius 2 is 2.06 bits per heavy atom. The maximum atomic E-state index is 9.64. The van der Waals surface area contributed by atoms with Crippen molar-refractivity contribution in [2.24, 2.45) is 5.41 Å². The summed E-state index contributed by atoms with van der Waals surface area (Å²) < 4.78 is 11.0. The molecule has 0 aliphatic heterocycles. The molecule has 4 nitrogen and oxygen atoms in total. The van der Waals surface area contributed by atoms with Gasteiger partial charge in [0.1, 0.15) is 11.5 Å². The van der Waals surface area contributed by atoms with Crippen LogP contribution >= 0.6 is 0 Å². The molecule has 0 amide bonds. The predicted octanol–water partition coefficient (Wildman–Crippen LogP) is 6.54. The first-order valence-electron chi connectivity index (χ1n) is 11.3. The van der Waals surface area contributed by atoms with E-state index in [1.54, 1.807) is 12.2 Å². The molecule has 1 N–H and O–H groups in total. The fourth-order valence-electron chi connectivity index (χ4n) is 3.47. The van der Waals surface area contributed by atoms with E-state index in [-0.39, 0.29) is 11.2 Å². The third-order valence-electron chi connectivity index (χ3n) is 5.24. The Kier molecular flexibility index (Phi) is 12.5. The molecule has 0 saturated carbocycles. The highest BCUT2D eigenvalue weighted by Crippen LogP contribution is 2.28. The summed E-state index contributed by atoms with van der Waals surface area (Å²) in [6, 6.07) is 0. The third kappa shape index (κ3) is 11.3. The number of allylic oxidation sites excluding steroid dienone is 9. The Bertz CT molecular complexity index is 849. The van der Waals surface area contributed by atoms with Crippen LogP contribution in [0.3, 0.4) is 0 Å². The summed E-state index contributed by atoms with van der Waals surface area (Å²) in [6.45, 7) is 21.0. The fourth-order valence-corrected chi connectivity index (χ4v) is 3.47. The van der Waals surface area contributed by atoms with Crippen molar-refractivity contribution in [3.8, 4) is 12.3 Å². The van der Waals surface area contributed by atoms with Crippen molar-refractivity contribution in [1.82, 2.24) is 4.90 Å². The van der Waals surface area contributed by atoms with Crippen LogP contribution in [0.5, 0.6) is 0 Å². The second-order valence-corrected chi connectivity index (χ2v) is 8.62. The first-order valence-corrected chi connectivity index (χ1v) is 11.3. The lowest BCUT2D eigenvalue weighted by atomic mass is 9.84. The average Bonchev–Trinajstić information content (AvgIpc) is 2.78. The molecule has 1 atom stereocenters. The zero-order valence-electron chi connectivity index (χ0n) is 20.3. The van der Waals surface area contributed by atoms with Gasteiger partial charge in [0.25, 0.3) is 0 Å². The largest absolute Gasteiger partial charge is 0.466 e. The van der Waals surface area contributed by atoms with E-state index in [1.165, 1.54) is 11.8 Å². The molecule has 0 saturated heterocycles. The molecular formula is C29H39NO3. The first-order chi connectivity index (χ1) is 15.7. The van der Waals surface area contributed by atoms with Crippen LogP contribution < -0.4 is 0 Å². The summed E-state index contributed by atoms with van der Waals surface area (Å²) in [5, 5.41) is 9.64. The molecule has 1 aliphatic rings. The Morgan fingerprint density at radius 3 is 2.64 bits per heavy atom. The zero-order chi connectivity index (χ0) is 24.7. The summed E-state index contributed by atoms with van der Waals surface area (Å²) in [5.41, 5.74) is 1.46. The number of terminal acetylenes is 1. The van der Waals surface area contributed by atoms with E-state index < -0.39 is 6.29 Å². The number of ether oxygens (including phenoxy) is 2. The van der Waals surface area contributed by atoms with Crippen LogP contribution in [0.25, 0.3) is 0 Å². The Morgan fingerprint density at radius 1 is 1.30 bits per heavy atom. The zero-order valence-corrected chi connectivity index (χ0v) is 20.3. The molecule has 1 rings (SSSR count). The molecule has 0 aromatic carbocycles. The molecular weight excluding hydrogens is 410 g/mol. The van der Waals surface area contributed by atoms with E-state index >= 15 is 0 Å². The molecule has 178 valence electrons. The average molecular weight is 450 g/mol. The van der Waals surface area contributed by atoms with Crippen LogP contribution in [0.15, 0.2) is 97.9 Å². The van der Waals surface area contributed by atoms with Crippen LogP contribution in [0, 0.1) is 17.8 Å². The lowest BCUT2D eigenvalue weighted by Crippen LogP contribution is -2.27. The third-order valence-corrected chi connectivity index (χ3v) is 5.24. The summed E-state index contributed by atoms with van der Waals surface area (Å²) in [7, 11) is 0. The van der Waals surface area contributed by atoms with E-state index in [1.807, 2.05) is 24.3 Å². The molecule has 0 fully saturated rings. The van der Waals surface area contributed by atoms with E-state index in [9.17, 15) is 5.11 Å². The molecule has 4 heteroatoms. The topological polar surface area (TPSA) is 41.9 Å². The molecule has 0 unspecified atom stereocenters. The number of hydrogen-bond acceptors (Lipinski definition) is 4. The normalized spacial score (nSPS) is 15.0. The van der Waals surface area contributed by atoms with Crippen molar-refractivity contribution < 1.29 is 14.6 Å². The minimum Gasteiger partial charge on any atom is -0.466 e. The molecule has 33 heavy (non-hydrogen) atoms. The Labute approximate surface area is 200 Å². The smallest absolute Gasteiger partial charge is 0.216 e. The second kappa shape index (κ2) is 14.8. The Balaban J connectivity index is 2.93. The van der Waals surface area contributed by atoms with Gasteiger partial charge in [-0.1, -0.05) is 45.2 Å². The number of aliphatic hydroxyl groups excluding tert-OH is 1. The lowest BCUT2D eigenvalue weighted by molar-refractivity contribution is -0.0297. The first kappa shape index (κ1) is 27.9. The van der Waals surface area contributed by atoms with Gasteiger partial charge in [-0.15, -0.1) is 13.0 Å². The quantitative estimate of drug-likeness (QED) is 0.0955. The standard InChI is InChI=1S/C29H39NO3/c1-8-14-26(32-24(5)10-3)15-12-22-30(23-13-21-29(6,7)20-9-2)25-16-18-27(19-17-25)33-28(31)11-4/h3,8-9,11-12,14-16,18,28,31H,1-2,4-5,13,17,19-23H2,6-7H3/b15-12-,26-14+/t28-/m0/s1. The van der Waals surface area contributed by atoms with Crippen LogP contribution in [-0.4, -0.2) is 29.4 Å². The van der Waals surface area contributed by atoms with Gasteiger partial charge in [0, 0.05) is 25.2 Å². The van der Waals surface area contributed by atoms with Gasteiger partial charge in [0.15, 0.2) is 5.76 Å². The maximum Gasteiger partial charge on any atom is 0.216 e. The van der Waals surface area contributed by atoms with Gasteiger partial charge in [-0.3, -0.25) is 0 Å². The fraction of sp³-hybridized carbons (Fsp3) is 0.379. The SMILES string of the molecule is C#CC(=C)OC(/C=C\CN(CCCC(C)(C)CC=C)C1=CC=C(O[C@H](O)C=C)CC1)=C/C=C. The van der Waals surface area contributed by atoms with Crippen molar-refractivity contribution in [3.05, 3.63) is 97.9 Å². The maximum absolute atomic E-state index is 9.64. The highest BCUT2D eigenvalue weighted by Gasteiger charge is 2.18. The van der Waals surface area contributed by atoms with Crippen LogP contribution in [-0.2, 0) is 9.47 Å². The minimum atomic E-state index is -0.981. The highest BCUT2D eigenvalue weighted by atomic mass is 16.6. The van der Waals surface area contributed by atoms with Crippen molar-refractivity contribution in [2.45, 2.75) is 52.2 Å². The summed E-state index contributed by atoms with van der Waals surface area (Å²) in [4.78, 5) is 2.36. The molecule has 0 aromatic rings. The molecule has 0 bridgehead atoms. The van der Waals surface area contributed by atoms with Crippen LogP contribution in [0.2, 0.25) is 0 Å². The van der Waals surface area contributed by atoms with Gasteiger partial charge in [-0.2, -0.15) is 0 Å². The van der Waals surface area contributed by atoms with Gasteiger partial charge in [0.2, 0.25) is 6.29 Å². The van der Waals surface area contributed by atoms with Crippen molar-refractivity contribution in [1.29, 1.82) is 0 Å². The van der Waals surface area contributed by atoms with Crippen LogP contribution in [0.1, 0.15) is 46.0 Å². The minimum absolute atomic E-state index is 0.231. The van der Waals surface area contributed by atoms with Crippen molar-refractivity contribution in [3.63, 3.8) is 0 Å². The molecule has 1 aliphatic carbocycles. The predicted molar refractivity (Wildman–Crippen MR) is 139 cm³/mol. The molecule has 0 spiro atoms. The van der Waals surface area contributed by atoms with Gasteiger partial charge < -0.3 is 19.5 Å². The summed E-state index contributed by atoms with van der Waals surface area (Å²) in [6.07, 6.45) is 23.8. The van der Waals surface area contributed by atoms with Gasteiger partial charge in [-0.25, -0.2) is 0 Å². The van der Waals surface area contributed by atoms with Crippen LogP contribution in [0.4, 0.5) is 0 Å². The molecule has 0 aromatic heterocycles. The number of rotatable bonds is 16. The van der Waals surface area contributed by atoms with Gasteiger partial charge in [0.05, 0.1) is 0 Å². The molecule has 0 radical (unpaired) electrons. The van der Waals surface area contributed by atoms with Crippen molar-refractivity contribution >= 4 is 0 Å². The van der Waals surface area contributed by atoms with E-state index in [4.69, 9.17) is 15.9 Å². The highest BCUT2D eigenvalue weighted by molar-refractivity contribution is 5.25. The second-order valence-electron chi connectivity index (χ2n) is 8.62. The number of hydrogen-bond donors (Lipinski definition) is 1. The number of nitrogens with zero attached hydrogens (tertiary/aromatic N) is 1. The van der Waals surface area contributed by atoms with E-state index in [2.05, 4.69) is 57.1 Å². The Hall–Kier alpha value is -3.16. The lowest BCUT2D eigenvalue weighted by Gasteiger charge is -2.30. The molecule has 0 heterocycles. The van der Waals surface area contributed by atoms with Gasteiger partial charge in [-0.05, 0) is 74.0 Å². The summed E-state index contributed by atoms with van der Waals surface area (Å²) in [5.74, 6) is 3.98. The summed E-state index contributed by atoms with van der Waals surface area (Å²) >= 11 is 0. The van der Waals surface area contributed by atoms with Gasteiger partial charge >= 0.3 is 0 Å². The monoisotopic (exact) mass is 449 g/mol. The van der Waals surface area contributed by atoms with E-state index in [0.717, 1.165) is 44.4 Å². The number of aliphatic hydroxyl groups is 1. The van der Waals surface area contributed by atoms with Crippen molar-refractivity contribution in [2.75, 3.05) is 13.1 Å². The van der Waals surface area contributed by atoms with E-state index in [0.29, 0.717) is 12.3 Å².